The normalized spacial score (nSPS) is 10.4. The Kier molecular flexibility index (Phi) is 4.26. The van der Waals surface area contributed by atoms with Gasteiger partial charge in [-0.15, -0.1) is 0 Å². The van der Waals surface area contributed by atoms with Crippen molar-refractivity contribution < 1.29 is 9.53 Å². The molecule has 1 amide bonds. The van der Waals surface area contributed by atoms with Crippen molar-refractivity contribution in [2.45, 2.75) is 20.6 Å². The second-order valence-electron chi connectivity index (χ2n) is 4.26. The number of hydrogen-bond donors (Lipinski definition) is 2. The molecule has 20 heavy (non-hydrogen) atoms. The van der Waals surface area contributed by atoms with Crippen molar-refractivity contribution in [3.05, 3.63) is 46.2 Å². The zero-order valence-corrected chi connectivity index (χ0v) is 11.9. The van der Waals surface area contributed by atoms with Crippen LogP contribution in [0.1, 0.15) is 21.7 Å². The van der Waals surface area contributed by atoms with E-state index in [1.807, 2.05) is 13.8 Å². The molecule has 0 spiro atoms. The fraction of sp³-hybridized carbons (Fsp3) is 0.231. The van der Waals surface area contributed by atoms with Crippen LogP contribution in [0.2, 0.25) is 5.02 Å². The Bertz CT molecular complexity index is 622. The van der Waals surface area contributed by atoms with E-state index in [9.17, 15) is 4.79 Å². The molecule has 0 unspecified atom stereocenters. The van der Waals surface area contributed by atoms with Gasteiger partial charge in [0.25, 0.3) is 5.91 Å². The summed E-state index contributed by atoms with van der Waals surface area (Å²) in [6.07, 6.45) is 0. The second-order valence-corrected chi connectivity index (χ2v) is 4.63. The molecule has 0 aliphatic rings. The summed E-state index contributed by atoms with van der Waals surface area (Å²) in [6.45, 7) is 3.97. The quantitative estimate of drug-likeness (QED) is 0.512. The molecule has 106 valence electrons. The summed E-state index contributed by atoms with van der Waals surface area (Å²) < 4.78 is 7.27. The molecule has 0 bridgehead atoms. The Labute approximate surface area is 121 Å². The number of benzene rings is 1. The van der Waals surface area contributed by atoms with E-state index >= 15 is 0 Å². The van der Waals surface area contributed by atoms with Gasteiger partial charge in [-0.2, -0.15) is 5.10 Å². The number of hydrogen-bond acceptors (Lipinski definition) is 4. The highest BCUT2D eigenvalue weighted by Crippen LogP contribution is 2.19. The number of nitrogens with zero attached hydrogens (tertiary/aromatic N) is 2. The molecule has 0 radical (unpaired) electrons. The smallest absolute Gasteiger partial charge is 0.265 e. The van der Waals surface area contributed by atoms with E-state index in [2.05, 4.69) is 10.5 Å². The first-order valence-electron chi connectivity index (χ1n) is 5.96. The number of hydrazine groups is 1. The number of carbonyl (C=O) groups is 1. The summed E-state index contributed by atoms with van der Waals surface area (Å²) >= 11 is 6.06. The van der Waals surface area contributed by atoms with Gasteiger partial charge in [-0.25, -0.2) is 10.5 Å². The fourth-order valence-electron chi connectivity index (χ4n) is 1.72. The maximum absolute atomic E-state index is 11.3. The van der Waals surface area contributed by atoms with Crippen LogP contribution in [0, 0.1) is 13.8 Å². The van der Waals surface area contributed by atoms with Crippen molar-refractivity contribution >= 4 is 17.5 Å². The number of rotatable bonds is 4. The summed E-state index contributed by atoms with van der Waals surface area (Å²) in [6, 6.07) is 6.65. The van der Waals surface area contributed by atoms with Crippen molar-refractivity contribution in [3.8, 4) is 5.75 Å². The van der Waals surface area contributed by atoms with Crippen LogP contribution in [0.3, 0.4) is 0 Å². The predicted molar refractivity (Wildman–Crippen MR) is 75.4 cm³/mol. The maximum Gasteiger partial charge on any atom is 0.265 e. The average molecular weight is 295 g/mol. The van der Waals surface area contributed by atoms with E-state index in [0.29, 0.717) is 16.3 Å². The molecule has 0 saturated carbocycles. The van der Waals surface area contributed by atoms with Crippen LogP contribution in [0.15, 0.2) is 24.3 Å². The summed E-state index contributed by atoms with van der Waals surface area (Å²) in [5.74, 6) is 5.34. The highest BCUT2D eigenvalue weighted by Gasteiger charge is 2.09. The SMILES string of the molecule is Cc1nn(COc2ccc(C(=O)NN)cc2)c(C)c1Cl. The summed E-state index contributed by atoms with van der Waals surface area (Å²) in [4.78, 5) is 11.3. The number of aromatic nitrogens is 2. The number of carbonyl (C=O) groups excluding carboxylic acids is 1. The zero-order chi connectivity index (χ0) is 14.7. The van der Waals surface area contributed by atoms with Gasteiger partial charge in [0.1, 0.15) is 5.75 Å². The third kappa shape index (κ3) is 2.92. The second kappa shape index (κ2) is 5.94. The lowest BCUT2D eigenvalue weighted by Gasteiger charge is -2.08. The Morgan fingerprint density at radius 3 is 2.55 bits per heavy atom. The Balaban J connectivity index is 2.04. The molecule has 3 N–H and O–H groups in total. The molecule has 6 nitrogen and oxygen atoms in total. The van der Waals surface area contributed by atoms with Gasteiger partial charge < -0.3 is 4.74 Å². The number of ether oxygens (including phenoxy) is 1. The molecule has 1 aromatic carbocycles. The van der Waals surface area contributed by atoms with Gasteiger partial charge >= 0.3 is 0 Å². The van der Waals surface area contributed by atoms with Gasteiger partial charge in [0, 0.05) is 5.56 Å². The molecule has 1 heterocycles. The van der Waals surface area contributed by atoms with Gasteiger partial charge in [-0.05, 0) is 38.1 Å². The standard InChI is InChI=1S/C13H15ClN4O2/c1-8-12(14)9(2)18(17-8)7-20-11-5-3-10(4-6-11)13(19)16-15/h3-6H,7,15H2,1-2H3,(H,16,19). The topological polar surface area (TPSA) is 82.2 Å². The maximum atomic E-state index is 11.3. The number of nitrogen functional groups attached to an aromatic ring is 1. The largest absolute Gasteiger partial charge is 0.471 e. The van der Waals surface area contributed by atoms with Crippen molar-refractivity contribution in [1.29, 1.82) is 0 Å². The summed E-state index contributed by atoms with van der Waals surface area (Å²) in [5, 5.41) is 4.91. The fourth-order valence-corrected chi connectivity index (χ4v) is 1.86. The first kappa shape index (κ1) is 14.4. The van der Waals surface area contributed by atoms with E-state index in [1.165, 1.54) is 0 Å². The molecule has 1 aromatic heterocycles. The van der Waals surface area contributed by atoms with Gasteiger partial charge in [0.15, 0.2) is 6.73 Å². The molecule has 0 aliphatic carbocycles. The minimum absolute atomic E-state index is 0.252. The molecule has 0 aliphatic heterocycles. The van der Waals surface area contributed by atoms with Crippen LogP contribution in [-0.4, -0.2) is 15.7 Å². The zero-order valence-electron chi connectivity index (χ0n) is 11.2. The molecule has 0 atom stereocenters. The Hall–Kier alpha value is -2.05. The van der Waals surface area contributed by atoms with E-state index in [1.54, 1.807) is 28.9 Å². The summed E-state index contributed by atoms with van der Waals surface area (Å²) in [7, 11) is 0. The van der Waals surface area contributed by atoms with Crippen LogP contribution in [0.25, 0.3) is 0 Å². The lowest BCUT2D eigenvalue weighted by Crippen LogP contribution is -2.29. The number of nitrogens with one attached hydrogen (secondary N) is 1. The lowest BCUT2D eigenvalue weighted by atomic mass is 10.2. The third-order valence-electron chi connectivity index (χ3n) is 2.89. The van der Waals surface area contributed by atoms with Crippen molar-refractivity contribution in [1.82, 2.24) is 15.2 Å². The van der Waals surface area contributed by atoms with E-state index in [-0.39, 0.29) is 12.6 Å². The Morgan fingerprint density at radius 2 is 2.05 bits per heavy atom. The third-order valence-corrected chi connectivity index (χ3v) is 3.44. The van der Waals surface area contributed by atoms with Crippen molar-refractivity contribution in [3.63, 3.8) is 0 Å². The number of amides is 1. The molecule has 2 aromatic rings. The summed E-state index contributed by atoms with van der Waals surface area (Å²) in [5.41, 5.74) is 4.15. The van der Waals surface area contributed by atoms with E-state index < -0.39 is 0 Å². The van der Waals surface area contributed by atoms with Crippen LogP contribution in [0.5, 0.6) is 5.75 Å². The van der Waals surface area contributed by atoms with Crippen LogP contribution < -0.4 is 16.0 Å². The molecule has 0 fully saturated rings. The number of nitrogens with two attached hydrogens (primary N) is 1. The van der Waals surface area contributed by atoms with Crippen LogP contribution >= 0.6 is 11.6 Å². The number of aryl methyl sites for hydroxylation is 1. The van der Waals surface area contributed by atoms with E-state index in [4.69, 9.17) is 22.2 Å². The van der Waals surface area contributed by atoms with Crippen LogP contribution in [-0.2, 0) is 6.73 Å². The van der Waals surface area contributed by atoms with Crippen LogP contribution in [0.4, 0.5) is 0 Å². The Morgan fingerprint density at radius 1 is 1.40 bits per heavy atom. The number of halogens is 1. The molecule has 0 saturated heterocycles. The minimum Gasteiger partial charge on any atom is -0.471 e. The van der Waals surface area contributed by atoms with Gasteiger partial charge in [-0.1, -0.05) is 11.6 Å². The van der Waals surface area contributed by atoms with Crippen molar-refractivity contribution in [2.75, 3.05) is 0 Å². The lowest BCUT2D eigenvalue weighted by molar-refractivity contribution is 0.0953. The molecule has 7 heteroatoms. The molecule has 2 rings (SSSR count). The first-order chi connectivity index (χ1) is 9.52. The molecular formula is C13H15ClN4O2. The average Bonchev–Trinajstić information content (AvgIpc) is 2.72. The first-order valence-corrected chi connectivity index (χ1v) is 6.34. The molecular weight excluding hydrogens is 280 g/mol. The van der Waals surface area contributed by atoms with Gasteiger partial charge in [0.05, 0.1) is 16.4 Å². The highest BCUT2D eigenvalue weighted by molar-refractivity contribution is 6.31. The van der Waals surface area contributed by atoms with Gasteiger partial charge in [-0.3, -0.25) is 10.2 Å². The van der Waals surface area contributed by atoms with Crippen molar-refractivity contribution in [2.24, 2.45) is 5.84 Å². The van der Waals surface area contributed by atoms with E-state index in [0.717, 1.165) is 11.4 Å². The minimum atomic E-state index is -0.345. The highest BCUT2D eigenvalue weighted by atomic mass is 35.5. The monoisotopic (exact) mass is 294 g/mol. The predicted octanol–water partition coefficient (Wildman–Crippen LogP) is 1.79. The van der Waals surface area contributed by atoms with Gasteiger partial charge in [0.2, 0.25) is 0 Å².